The Balaban J connectivity index is 1.80. The summed E-state index contributed by atoms with van der Waals surface area (Å²) in [5, 5.41) is 14.2. The van der Waals surface area contributed by atoms with E-state index in [9.17, 15) is 9.90 Å². The zero-order valence-electron chi connectivity index (χ0n) is 21.3. The minimum absolute atomic E-state index is 0.0361. The van der Waals surface area contributed by atoms with Crippen LogP contribution in [0.4, 0.5) is 14.6 Å². The summed E-state index contributed by atoms with van der Waals surface area (Å²) in [6, 6.07) is 6.80. The number of aromatic hydroxyl groups is 1. The molecule has 4 heterocycles. The number of piperazine rings is 1. The molecule has 8 nitrogen and oxygen atoms in total. The highest BCUT2D eigenvalue weighted by Crippen LogP contribution is 2.45. The first-order valence-electron chi connectivity index (χ1n) is 12.6. The lowest BCUT2D eigenvalue weighted by molar-refractivity contribution is 0.264. The van der Waals surface area contributed by atoms with Crippen LogP contribution in [-0.4, -0.2) is 51.9 Å². The number of nitrogens with zero attached hydrogens (tertiary/aromatic N) is 4. The molecule has 2 aliphatic rings. The molecule has 0 amide bonds. The van der Waals surface area contributed by atoms with Gasteiger partial charge in [0.1, 0.15) is 24.0 Å². The molecular weight excluding hydrogens is 492 g/mol. The number of halogens is 2. The fourth-order valence-corrected chi connectivity index (χ4v) is 5.49. The predicted molar refractivity (Wildman–Crippen MR) is 140 cm³/mol. The van der Waals surface area contributed by atoms with Gasteiger partial charge in [-0.2, -0.15) is 4.98 Å². The molecule has 2 aliphatic heterocycles. The molecule has 1 atom stereocenters. The van der Waals surface area contributed by atoms with Crippen LogP contribution in [0.5, 0.6) is 11.5 Å². The van der Waals surface area contributed by atoms with Gasteiger partial charge < -0.3 is 20.1 Å². The lowest BCUT2D eigenvalue weighted by atomic mass is 9.99. The van der Waals surface area contributed by atoms with Crippen molar-refractivity contribution in [3.05, 3.63) is 69.9 Å². The lowest BCUT2D eigenvalue weighted by Crippen LogP contribution is -2.54. The van der Waals surface area contributed by atoms with E-state index in [1.807, 2.05) is 25.7 Å². The number of fused-ring (bicyclic) bond motifs is 2. The number of anilines is 1. The summed E-state index contributed by atoms with van der Waals surface area (Å²) in [4.78, 5) is 24.8. The van der Waals surface area contributed by atoms with Gasteiger partial charge in [-0.05, 0) is 42.7 Å². The Kier molecular flexibility index (Phi) is 5.79. The molecule has 38 heavy (non-hydrogen) atoms. The SMILES string of the molecule is Cc1ccnc(C(C)C)c1-n1c(=O)nc2c3c(c(F)c(-c4c(O)cccc4F)cc31)OC[C@@H]1CNCCN21. The highest BCUT2D eigenvalue weighted by molar-refractivity contribution is 6.00. The maximum Gasteiger partial charge on any atom is 0.354 e. The average Bonchev–Trinajstić information content (AvgIpc) is 3.05. The Morgan fingerprint density at radius 3 is 2.82 bits per heavy atom. The molecule has 4 aromatic rings. The molecule has 1 saturated heterocycles. The molecule has 0 unspecified atom stereocenters. The summed E-state index contributed by atoms with van der Waals surface area (Å²) in [6.45, 7) is 7.74. The number of ether oxygens (including phenoxy) is 1. The Labute approximate surface area is 217 Å². The van der Waals surface area contributed by atoms with Gasteiger partial charge in [-0.15, -0.1) is 0 Å². The largest absolute Gasteiger partial charge is 0.507 e. The van der Waals surface area contributed by atoms with E-state index in [2.05, 4.69) is 15.3 Å². The van der Waals surface area contributed by atoms with Gasteiger partial charge in [-0.1, -0.05) is 19.9 Å². The zero-order chi connectivity index (χ0) is 26.7. The second-order valence-corrected chi connectivity index (χ2v) is 10.0. The predicted octanol–water partition coefficient (Wildman–Crippen LogP) is 4.03. The van der Waals surface area contributed by atoms with Crippen LogP contribution in [-0.2, 0) is 0 Å². The van der Waals surface area contributed by atoms with Gasteiger partial charge in [-0.3, -0.25) is 9.55 Å². The molecule has 0 saturated carbocycles. The smallest absolute Gasteiger partial charge is 0.354 e. The van der Waals surface area contributed by atoms with Gasteiger partial charge in [0.2, 0.25) is 0 Å². The number of hydrogen-bond acceptors (Lipinski definition) is 7. The summed E-state index contributed by atoms with van der Waals surface area (Å²) in [7, 11) is 0. The molecule has 0 bridgehead atoms. The van der Waals surface area contributed by atoms with Crippen LogP contribution in [0.25, 0.3) is 27.7 Å². The van der Waals surface area contributed by atoms with Crippen molar-refractivity contribution in [3.63, 3.8) is 0 Å². The number of aromatic nitrogens is 3. The minimum Gasteiger partial charge on any atom is -0.507 e. The maximum atomic E-state index is 16.3. The zero-order valence-corrected chi connectivity index (χ0v) is 21.3. The van der Waals surface area contributed by atoms with E-state index < -0.39 is 23.1 Å². The highest BCUT2D eigenvalue weighted by atomic mass is 19.1. The van der Waals surface area contributed by atoms with Crippen molar-refractivity contribution in [2.24, 2.45) is 0 Å². The fraction of sp³-hybridized carbons (Fsp3) is 0.321. The normalized spacial score (nSPS) is 16.9. The van der Waals surface area contributed by atoms with Gasteiger partial charge in [0.25, 0.3) is 0 Å². The average molecular weight is 520 g/mol. The number of pyridine rings is 1. The third-order valence-electron chi connectivity index (χ3n) is 7.29. The van der Waals surface area contributed by atoms with E-state index >= 15 is 8.78 Å². The molecule has 10 heteroatoms. The molecule has 2 aromatic heterocycles. The van der Waals surface area contributed by atoms with Crippen LogP contribution < -0.4 is 20.6 Å². The van der Waals surface area contributed by atoms with Gasteiger partial charge in [0.15, 0.2) is 11.6 Å². The number of aryl methyl sites for hydroxylation is 1. The fourth-order valence-electron chi connectivity index (χ4n) is 5.49. The number of benzene rings is 2. The first-order chi connectivity index (χ1) is 18.3. The lowest BCUT2D eigenvalue weighted by Gasteiger charge is -2.35. The van der Waals surface area contributed by atoms with Gasteiger partial charge >= 0.3 is 5.69 Å². The summed E-state index contributed by atoms with van der Waals surface area (Å²) in [5.41, 5.74) is 1.20. The van der Waals surface area contributed by atoms with Crippen molar-refractivity contribution in [2.45, 2.75) is 32.7 Å². The van der Waals surface area contributed by atoms with Crippen LogP contribution in [0.1, 0.15) is 31.0 Å². The van der Waals surface area contributed by atoms with E-state index in [-0.39, 0.29) is 35.4 Å². The number of phenolic OH excluding ortho intramolecular Hbond substituents is 1. The molecular formula is C28H27F2N5O3. The van der Waals surface area contributed by atoms with Crippen LogP contribution >= 0.6 is 0 Å². The van der Waals surface area contributed by atoms with E-state index in [1.165, 1.54) is 22.8 Å². The summed E-state index contributed by atoms with van der Waals surface area (Å²) in [6.07, 6.45) is 1.68. The Hall–Kier alpha value is -4.05. The van der Waals surface area contributed by atoms with E-state index in [0.29, 0.717) is 47.7 Å². The van der Waals surface area contributed by atoms with Crippen molar-refractivity contribution in [2.75, 3.05) is 31.1 Å². The van der Waals surface area contributed by atoms with Gasteiger partial charge in [0, 0.05) is 31.4 Å². The van der Waals surface area contributed by atoms with E-state index in [1.54, 1.807) is 12.3 Å². The van der Waals surface area contributed by atoms with Crippen molar-refractivity contribution < 1.29 is 18.6 Å². The molecule has 1 fully saturated rings. The number of rotatable bonds is 3. The highest BCUT2D eigenvalue weighted by Gasteiger charge is 2.35. The summed E-state index contributed by atoms with van der Waals surface area (Å²) >= 11 is 0. The van der Waals surface area contributed by atoms with Crippen LogP contribution in [0.2, 0.25) is 0 Å². The topological polar surface area (TPSA) is 92.5 Å². The van der Waals surface area contributed by atoms with Crippen molar-refractivity contribution in [1.82, 2.24) is 19.9 Å². The van der Waals surface area contributed by atoms with Crippen molar-refractivity contribution >= 4 is 16.7 Å². The van der Waals surface area contributed by atoms with E-state index in [0.717, 1.165) is 11.6 Å². The third-order valence-corrected chi connectivity index (χ3v) is 7.29. The first-order valence-corrected chi connectivity index (χ1v) is 12.6. The molecule has 196 valence electrons. The van der Waals surface area contributed by atoms with E-state index in [4.69, 9.17) is 4.74 Å². The molecule has 0 radical (unpaired) electrons. The first kappa shape index (κ1) is 24.3. The Morgan fingerprint density at radius 2 is 2.05 bits per heavy atom. The number of hydrogen-bond donors (Lipinski definition) is 2. The van der Waals surface area contributed by atoms with Crippen LogP contribution in [0.15, 0.2) is 41.3 Å². The van der Waals surface area contributed by atoms with Crippen molar-refractivity contribution in [3.8, 4) is 28.3 Å². The monoisotopic (exact) mass is 519 g/mol. The quantitative estimate of drug-likeness (QED) is 0.422. The second kappa shape index (κ2) is 9.05. The molecule has 6 rings (SSSR count). The maximum absolute atomic E-state index is 16.3. The Morgan fingerprint density at radius 1 is 1.24 bits per heavy atom. The minimum atomic E-state index is -0.828. The second-order valence-electron chi connectivity index (χ2n) is 10.0. The van der Waals surface area contributed by atoms with Crippen LogP contribution in [0, 0.1) is 18.6 Å². The molecule has 0 spiro atoms. The Bertz CT molecular complexity index is 1630. The van der Waals surface area contributed by atoms with Crippen LogP contribution in [0.3, 0.4) is 0 Å². The van der Waals surface area contributed by atoms with Gasteiger partial charge in [-0.25, -0.2) is 13.6 Å². The molecule has 2 aromatic carbocycles. The summed E-state index contributed by atoms with van der Waals surface area (Å²) in [5.74, 6) is -1.88. The summed E-state index contributed by atoms with van der Waals surface area (Å²) < 4.78 is 38.8. The number of nitrogens with one attached hydrogen (secondary N) is 1. The standard InChI is InChI=1S/C28H27F2N5O3/c1-14(2)24-25(15(3)7-8-32-24)35-19-11-17(21-18(29)5-4-6-20(21)36)23(30)26-22(19)27(33-28(35)37)34-10-9-31-12-16(34)13-38-26/h4-8,11,14,16,31,36H,9-10,12-13H2,1-3H3/t16-/m0/s1. The number of phenols is 1. The third kappa shape index (κ3) is 3.62. The molecule has 0 aliphatic carbocycles. The van der Waals surface area contributed by atoms with Crippen molar-refractivity contribution in [1.29, 1.82) is 0 Å². The molecule has 2 N–H and O–H groups in total. The van der Waals surface area contributed by atoms with Gasteiger partial charge in [0.05, 0.1) is 33.9 Å².